The maximum atomic E-state index is 4.47. The number of aryl methyl sites for hydroxylation is 1. The third-order valence-electron chi connectivity index (χ3n) is 4.06. The molecule has 1 aromatic heterocycles. The van der Waals surface area contributed by atoms with E-state index in [0.29, 0.717) is 0 Å². The molecule has 0 spiro atoms. The minimum Gasteiger partial charge on any atom is -0.308 e. The van der Waals surface area contributed by atoms with Gasteiger partial charge in [0.2, 0.25) is 0 Å². The van der Waals surface area contributed by atoms with Crippen molar-refractivity contribution in [2.75, 3.05) is 0 Å². The van der Waals surface area contributed by atoms with Crippen LogP contribution in [-0.2, 0) is 19.4 Å². The number of hydrogen-bond donors (Lipinski definition) is 2. The first-order chi connectivity index (χ1) is 7.93. The van der Waals surface area contributed by atoms with Crippen LogP contribution in [0.2, 0.25) is 0 Å². The highest BCUT2D eigenvalue weighted by molar-refractivity contribution is 5.27. The van der Waals surface area contributed by atoms with E-state index in [1.807, 2.05) is 0 Å². The fraction of sp³-hybridized carbons (Fsp3) is 0.769. The van der Waals surface area contributed by atoms with Gasteiger partial charge in [0.1, 0.15) is 0 Å². The number of H-pyrrole nitrogens is 1. The van der Waals surface area contributed by atoms with Crippen molar-refractivity contribution in [3.05, 3.63) is 17.0 Å². The minimum absolute atomic E-state index is 0.746. The van der Waals surface area contributed by atoms with Gasteiger partial charge < -0.3 is 5.32 Å². The van der Waals surface area contributed by atoms with Gasteiger partial charge in [0, 0.05) is 18.3 Å². The summed E-state index contributed by atoms with van der Waals surface area (Å²) in [5.74, 6) is 0. The molecule has 88 valence electrons. The SMILES string of the molecule is C1CCc2c(CNC3CCCC3)n[nH]c2C1. The Morgan fingerprint density at radius 2 is 1.94 bits per heavy atom. The molecule has 1 heterocycles. The quantitative estimate of drug-likeness (QED) is 0.819. The van der Waals surface area contributed by atoms with Crippen molar-refractivity contribution in [2.24, 2.45) is 0 Å². The molecule has 1 fully saturated rings. The molecule has 0 amide bonds. The third kappa shape index (κ3) is 2.01. The summed E-state index contributed by atoms with van der Waals surface area (Å²) in [5.41, 5.74) is 4.19. The molecule has 1 aromatic rings. The van der Waals surface area contributed by atoms with Crippen molar-refractivity contribution in [3.63, 3.8) is 0 Å². The first-order valence-electron chi connectivity index (χ1n) is 6.72. The Labute approximate surface area is 97.0 Å². The molecule has 3 nitrogen and oxygen atoms in total. The minimum atomic E-state index is 0.746. The van der Waals surface area contributed by atoms with Gasteiger partial charge in [-0.3, -0.25) is 5.10 Å². The van der Waals surface area contributed by atoms with Crippen LogP contribution in [0.1, 0.15) is 55.5 Å². The lowest BCUT2D eigenvalue weighted by Gasteiger charge is -2.13. The standard InChI is InChI=1S/C13H21N3/c1-2-6-10(5-1)14-9-13-11-7-3-4-8-12(11)15-16-13/h10,14H,1-9H2,(H,15,16). The van der Waals surface area contributed by atoms with Crippen LogP contribution < -0.4 is 5.32 Å². The highest BCUT2D eigenvalue weighted by Crippen LogP contribution is 2.23. The Morgan fingerprint density at radius 1 is 1.12 bits per heavy atom. The molecule has 0 aromatic carbocycles. The van der Waals surface area contributed by atoms with Crippen LogP contribution in [0.25, 0.3) is 0 Å². The lowest BCUT2D eigenvalue weighted by molar-refractivity contribution is 0.516. The van der Waals surface area contributed by atoms with E-state index in [1.165, 1.54) is 68.3 Å². The molecule has 0 atom stereocenters. The van der Waals surface area contributed by atoms with E-state index in [2.05, 4.69) is 15.5 Å². The Morgan fingerprint density at radius 3 is 2.81 bits per heavy atom. The lowest BCUT2D eigenvalue weighted by atomic mass is 9.96. The first-order valence-corrected chi connectivity index (χ1v) is 6.72. The number of aromatic amines is 1. The Balaban J connectivity index is 1.63. The van der Waals surface area contributed by atoms with Gasteiger partial charge in [0.25, 0.3) is 0 Å². The van der Waals surface area contributed by atoms with E-state index in [0.717, 1.165) is 12.6 Å². The third-order valence-corrected chi connectivity index (χ3v) is 4.06. The van der Waals surface area contributed by atoms with E-state index in [9.17, 15) is 0 Å². The van der Waals surface area contributed by atoms with E-state index in [1.54, 1.807) is 0 Å². The molecule has 0 radical (unpaired) electrons. The van der Waals surface area contributed by atoms with Gasteiger partial charge in [0.15, 0.2) is 0 Å². The van der Waals surface area contributed by atoms with Gasteiger partial charge in [-0.1, -0.05) is 12.8 Å². The molecule has 1 saturated carbocycles. The van der Waals surface area contributed by atoms with Crippen molar-refractivity contribution in [1.29, 1.82) is 0 Å². The predicted octanol–water partition coefficient (Wildman–Crippen LogP) is 2.32. The Bertz CT molecular complexity index is 350. The second-order valence-corrected chi connectivity index (χ2v) is 5.20. The second-order valence-electron chi connectivity index (χ2n) is 5.20. The highest BCUT2D eigenvalue weighted by atomic mass is 15.1. The zero-order chi connectivity index (χ0) is 10.8. The van der Waals surface area contributed by atoms with E-state index in [-0.39, 0.29) is 0 Å². The normalized spacial score (nSPS) is 21.2. The number of rotatable bonds is 3. The number of aromatic nitrogens is 2. The summed E-state index contributed by atoms with van der Waals surface area (Å²) in [7, 11) is 0. The summed E-state index contributed by atoms with van der Waals surface area (Å²) in [5, 5.41) is 11.3. The molecule has 2 aliphatic rings. The number of hydrogen-bond acceptors (Lipinski definition) is 2. The number of fused-ring (bicyclic) bond motifs is 1. The van der Waals surface area contributed by atoms with Crippen LogP contribution in [0.15, 0.2) is 0 Å². The van der Waals surface area contributed by atoms with Gasteiger partial charge in [-0.2, -0.15) is 5.10 Å². The topological polar surface area (TPSA) is 40.7 Å². The largest absolute Gasteiger partial charge is 0.308 e. The molecule has 0 bridgehead atoms. The van der Waals surface area contributed by atoms with Crippen molar-refractivity contribution >= 4 is 0 Å². The van der Waals surface area contributed by atoms with Crippen LogP contribution in [0, 0.1) is 0 Å². The van der Waals surface area contributed by atoms with Crippen molar-refractivity contribution < 1.29 is 0 Å². The van der Waals surface area contributed by atoms with Gasteiger partial charge in [0.05, 0.1) is 5.69 Å². The molecule has 2 aliphatic carbocycles. The summed E-state index contributed by atoms with van der Waals surface area (Å²) >= 11 is 0. The maximum Gasteiger partial charge on any atom is 0.0794 e. The summed E-state index contributed by atoms with van der Waals surface area (Å²) in [6, 6.07) is 0.746. The number of nitrogens with zero attached hydrogens (tertiary/aromatic N) is 1. The lowest BCUT2D eigenvalue weighted by Crippen LogP contribution is -2.26. The van der Waals surface area contributed by atoms with Crippen molar-refractivity contribution in [2.45, 2.75) is 64.0 Å². The Hall–Kier alpha value is -0.830. The van der Waals surface area contributed by atoms with Crippen LogP contribution in [0.4, 0.5) is 0 Å². The fourth-order valence-corrected chi connectivity index (χ4v) is 3.07. The van der Waals surface area contributed by atoms with Crippen LogP contribution in [0.5, 0.6) is 0 Å². The highest BCUT2D eigenvalue weighted by Gasteiger charge is 2.18. The fourth-order valence-electron chi connectivity index (χ4n) is 3.07. The summed E-state index contributed by atoms with van der Waals surface area (Å²) in [4.78, 5) is 0. The average molecular weight is 219 g/mol. The monoisotopic (exact) mass is 219 g/mol. The van der Waals surface area contributed by atoms with Gasteiger partial charge in [-0.15, -0.1) is 0 Å². The number of nitrogens with one attached hydrogen (secondary N) is 2. The van der Waals surface area contributed by atoms with Gasteiger partial charge in [-0.05, 0) is 44.1 Å². The summed E-state index contributed by atoms with van der Waals surface area (Å²) in [6.45, 7) is 0.969. The molecular weight excluding hydrogens is 198 g/mol. The molecule has 3 rings (SSSR count). The smallest absolute Gasteiger partial charge is 0.0794 e. The van der Waals surface area contributed by atoms with E-state index in [4.69, 9.17) is 0 Å². The average Bonchev–Trinajstić information content (AvgIpc) is 2.96. The summed E-state index contributed by atoms with van der Waals surface area (Å²) < 4.78 is 0. The Kier molecular flexibility index (Phi) is 2.96. The zero-order valence-electron chi connectivity index (χ0n) is 9.89. The first kappa shape index (κ1) is 10.3. The molecule has 0 saturated heterocycles. The van der Waals surface area contributed by atoms with Crippen molar-refractivity contribution in [3.8, 4) is 0 Å². The molecular formula is C13H21N3. The van der Waals surface area contributed by atoms with Gasteiger partial charge in [-0.25, -0.2) is 0 Å². The molecule has 16 heavy (non-hydrogen) atoms. The van der Waals surface area contributed by atoms with E-state index >= 15 is 0 Å². The van der Waals surface area contributed by atoms with Crippen LogP contribution in [0.3, 0.4) is 0 Å². The molecule has 0 unspecified atom stereocenters. The van der Waals surface area contributed by atoms with Gasteiger partial charge >= 0.3 is 0 Å². The van der Waals surface area contributed by atoms with Crippen LogP contribution >= 0.6 is 0 Å². The molecule has 3 heteroatoms. The molecule has 2 N–H and O–H groups in total. The maximum absolute atomic E-state index is 4.47. The van der Waals surface area contributed by atoms with E-state index < -0.39 is 0 Å². The predicted molar refractivity (Wildman–Crippen MR) is 64.3 cm³/mol. The van der Waals surface area contributed by atoms with Crippen LogP contribution in [-0.4, -0.2) is 16.2 Å². The second kappa shape index (κ2) is 4.58. The summed E-state index contributed by atoms with van der Waals surface area (Å²) in [6.07, 6.45) is 10.6. The molecule has 0 aliphatic heterocycles. The zero-order valence-corrected chi connectivity index (χ0v) is 9.89. The van der Waals surface area contributed by atoms with Crippen molar-refractivity contribution in [1.82, 2.24) is 15.5 Å².